The molecule has 0 radical (unpaired) electrons. The molecule has 1 heterocycles. The SMILES string of the molecule is CC(N)C1(C2(C)CCOCC2)CC1. The quantitative estimate of drug-likeness (QED) is 0.710. The third-order valence-corrected chi connectivity index (χ3v) is 4.46. The molecule has 2 rings (SSSR count). The van der Waals surface area contributed by atoms with Gasteiger partial charge in [-0.25, -0.2) is 0 Å². The smallest absolute Gasteiger partial charge is 0.0471 e. The van der Waals surface area contributed by atoms with Crippen molar-refractivity contribution in [1.82, 2.24) is 0 Å². The molecule has 2 fully saturated rings. The first-order chi connectivity index (χ1) is 6.11. The van der Waals surface area contributed by atoms with Crippen LogP contribution >= 0.6 is 0 Å². The van der Waals surface area contributed by atoms with Gasteiger partial charge in [-0.1, -0.05) is 6.92 Å². The maximum atomic E-state index is 6.11. The second kappa shape index (κ2) is 2.96. The van der Waals surface area contributed by atoms with E-state index in [0.29, 0.717) is 16.9 Å². The Kier molecular flexibility index (Phi) is 2.16. The summed E-state index contributed by atoms with van der Waals surface area (Å²) >= 11 is 0. The summed E-state index contributed by atoms with van der Waals surface area (Å²) in [5.41, 5.74) is 7.02. The number of hydrogen-bond acceptors (Lipinski definition) is 2. The van der Waals surface area contributed by atoms with Crippen LogP contribution in [0.25, 0.3) is 0 Å². The van der Waals surface area contributed by atoms with Gasteiger partial charge in [-0.3, -0.25) is 0 Å². The van der Waals surface area contributed by atoms with Crippen LogP contribution in [0.5, 0.6) is 0 Å². The van der Waals surface area contributed by atoms with Crippen LogP contribution in [-0.2, 0) is 4.74 Å². The minimum absolute atomic E-state index is 0.357. The normalized spacial score (nSPS) is 32.5. The predicted octanol–water partition coefficient (Wildman–Crippen LogP) is 1.93. The van der Waals surface area contributed by atoms with E-state index in [1.54, 1.807) is 0 Å². The van der Waals surface area contributed by atoms with E-state index in [2.05, 4.69) is 13.8 Å². The van der Waals surface area contributed by atoms with Crippen molar-refractivity contribution in [1.29, 1.82) is 0 Å². The van der Waals surface area contributed by atoms with Gasteiger partial charge in [0.1, 0.15) is 0 Å². The third-order valence-electron chi connectivity index (χ3n) is 4.46. The molecule has 1 atom stereocenters. The lowest BCUT2D eigenvalue weighted by Gasteiger charge is -2.43. The second-order valence-corrected chi connectivity index (χ2v) is 5.12. The molecule has 0 bridgehead atoms. The number of nitrogens with two attached hydrogens (primary N) is 1. The van der Waals surface area contributed by atoms with E-state index in [4.69, 9.17) is 10.5 Å². The van der Waals surface area contributed by atoms with Crippen LogP contribution < -0.4 is 5.73 Å². The van der Waals surface area contributed by atoms with Crippen molar-refractivity contribution in [3.8, 4) is 0 Å². The first kappa shape index (κ1) is 9.47. The fourth-order valence-corrected chi connectivity index (χ4v) is 3.06. The largest absolute Gasteiger partial charge is 0.381 e. The fourth-order valence-electron chi connectivity index (χ4n) is 3.06. The molecule has 1 aliphatic carbocycles. The summed E-state index contributed by atoms with van der Waals surface area (Å²) in [6.45, 7) is 6.45. The number of ether oxygens (including phenoxy) is 1. The Morgan fingerprint density at radius 3 is 2.08 bits per heavy atom. The zero-order valence-electron chi connectivity index (χ0n) is 8.81. The van der Waals surface area contributed by atoms with Gasteiger partial charge in [-0.15, -0.1) is 0 Å². The van der Waals surface area contributed by atoms with Crippen LogP contribution in [0.15, 0.2) is 0 Å². The average molecular weight is 183 g/mol. The van der Waals surface area contributed by atoms with Gasteiger partial charge in [0, 0.05) is 19.3 Å². The molecule has 1 unspecified atom stereocenters. The lowest BCUT2D eigenvalue weighted by molar-refractivity contribution is -0.0232. The molecule has 13 heavy (non-hydrogen) atoms. The van der Waals surface area contributed by atoms with Gasteiger partial charge in [-0.05, 0) is 43.4 Å². The molecule has 0 spiro atoms. The zero-order chi connectivity index (χ0) is 9.53. The summed E-state index contributed by atoms with van der Waals surface area (Å²) in [5, 5.41) is 0. The topological polar surface area (TPSA) is 35.2 Å². The molecule has 2 aliphatic rings. The minimum Gasteiger partial charge on any atom is -0.381 e. The summed E-state index contributed by atoms with van der Waals surface area (Å²) in [4.78, 5) is 0. The van der Waals surface area contributed by atoms with Crippen molar-refractivity contribution in [3.05, 3.63) is 0 Å². The molecule has 0 aromatic carbocycles. The summed E-state index contributed by atoms with van der Waals surface area (Å²) in [5.74, 6) is 0. The highest BCUT2D eigenvalue weighted by Crippen LogP contribution is 2.63. The predicted molar refractivity (Wildman–Crippen MR) is 53.5 cm³/mol. The van der Waals surface area contributed by atoms with E-state index in [1.165, 1.54) is 25.7 Å². The Morgan fingerprint density at radius 1 is 1.15 bits per heavy atom. The van der Waals surface area contributed by atoms with Crippen molar-refractivity contribution >= 4 is 0 Å². The molecule has 2 N–H and O–H groups in total. The van der Waals surface area contributed by atoms with Crippen molar-refractivity contribution in [2.24, 2.45) is 16.6 Å². The fraction of sp³-hybridized carbons (Fsp3) is 1.00. The average Bonchev–Trinajstić information content (AvgIpc) is 2.85. The van der Waals surface area contributed by atoms with Crippen molar-refractivity contribution in [2.75, 3.05) is 13.2 Å². The molecule has 1 saturated heterocycles. The maximum Gasteiger partial charge on any atom is 0.0471 e. The Labute approximate surface area is 80.8 Å². The first-order valence-corrected chi connectivity index (χ1v) is 5.44. The summed E-state index contributed by atoms with van der Waals surface area (Å²) < 4.78 is 5.43. The van der Waals surface area contributed by atoms with Gasteiger partial charge in [0.25, 0.3) is 0 Å². The Bertz CT molecular complexity index is 190. The molecule has 76 valence electrons. The van der Waals surface area contributed by atoms with E-state index in [0.717, 1.165) is 13.2 Å². The molecule has 2 heteroatoms. The highest BCUT2D eigenvalue weighted by Gasteiger charge is 2.58. The first-order valence-electron chi connectivity index (χ1n) is 5.44. The summed E-state index contributed by atoms with van der Waals surface area (Å²) in [7, 11) is 0. The summed E-state index contributed by atoms with van der Waals surface area (Å²) in [6.07, 6.45) is 5.07. The molecule has 1 aliphatic heterocycles. The Hall–Kier alpha value is -0.0800. The summed E-state index contributed by atoms with van der Waals surface area (Å²) in [6, 6.07) is 0.357. The van der Waals surface area contributed by atoms with Crippen molar-refractivity contribution in [3.63, 3.8) is 0 Å². The van der Waals surface area contributed by atoms with E-state index in [1.807, 2.05) is 0 Å². The van der Waals surface area contributed by atoms with Crippen LogP contribution in [0, 0.1) is 10.8 Å². The van der Waals surface area contributed by atoms with Gasteiger partial charge in [0.15, 0.2) is 0 Å². The highest BCUT2D eigenvalue weighted by molar-refractivity contribution is 5.09. The lowest BCUT2D eigenvalue weighted by atomic mass is 9.66. The van der Waals surface area contributed by atoms with E-state index in [-0.39, 0.29) is 0 Å². The van der Waals surface area contributed by atoms with Gasteiger partial charge in [0.05, 0.1) is 0 Å². The van der Waals surface area contributed by atoms with Crippen LogP contribution in [0.4, 0.5) is 0 Å². The monoisotopic (exact) mass is 183 g/mol. The van der Waals surface area contributed by atoms with Gasteiger partial charge in [0.2, 0.25) is 0 Å². The third kappa shape index (κ3) is 1.31. The van der Waals surface area contributed by atoms with Crippen LogP contribution in [0.2, 0.25) is 0 Å². The van der Waals surface area contributed by atoms with Crippen molar-refractivity contribution in [2.45, 2.75) is 45.6 Å². The highest BCUT2D eigenvalue weighted by atomic mass is 16.5. The Balaban J connectivity index is 2.13. The molecule has 2 nitrogen and oxygen atoms in total. The molecule has 1 saturated carbocycles. The lowest BCUT2D eigenvalue weighted by Crippen LogP contribution is -2.44. The van der Waals surface area contributed by atoms with Crippen LogP contribution in [-0.4, -0.2) is 19.3 Å². The second-order valence-electron chi connectivity index (χ2n) is 5.12. The number of rotatable bonds is 2. The minimum atomic E-state index is 0.357. The van der Waals surface area contributed by atoms with Gasteiger partial charge in [-0.2, -0.15) is 0 Å². The van der Waals surface area contributed by atoms with Crippen LogP contribution in [0.1, 0.15) is 39.5 Å². The molecule has 0 amide bonds. The number of hydrogen-bond donors (Lipinski definition) is 1. The Morgan fingerprint density at radius 2 is 1.69 bits per heavy atom. The standard InChI is InChI=1S/C11H21NO/c1-9(12)11(3-4-11)10(2)5-7-13-8-6-10/h9H,3-8,12H2,1-2H3. The van der Waals surface area contributed by atoms with Gasteiger partial charge < -0.3 is 10.5 Å². The zero-order valence-corrected chi connectivity index (χ0v) is 8.81. The van der Waals surface area contributed by atoms with Gasteiger partial charge >= 0.3 is 0 Å². The van der Waals surface area contributed by atoms with E-state index in [9.17, 15) is 0 Å². The van der Waals surface area contributed by atoms with E-state index >= 15 is 0 Å². The van der Waals surface area contributed by atoms with E-state index < -0.39 is 0 Å². The maximum absolute atomic E-state index is 6.11. The molecule has 0 aromatic rings. The van der Waals surface area contributed by atoms with Crippen molar-refractivity contribution < 1.29 is 4.74 Å². The molecular weight excluding hydrogens is 162 g/mol. The molecule has 0 aromatic heterocycles. The molecular formula is C11H21NO. The van der Waals surface area contributed by atoms with Crippen LogP contribution in [0.3, 0.4) is 0 Å².